The number of methoxy groups -OCH3 is 1. The Kier molecular flexibility index (Phi) is 3.89. The first-order valence-corrected chi connectivity index (χ1v) is 5.91. The molecule has 4 N–H and O–H groups in total. The number of ether oxygens (including phenoxy) is 1. The van der Waals surface area contributed by atoms with Crippen molar-refractivity contribution in [3.63, 3.8) is 0 Å². The average molecular weight is 280 g/mol. The minimum atomic E-state index is -0.591. The van der Waals surface area contributed by atoms with E-state index in [-0.39, 0.29) is 18.1 Å². The van der Waals surface area contributed by atoms with Gasteiger partial charge in [0.25, 0.3) is 5.56 Å². The third kappa shape index (κ3) is 2.72. The first-order chi connectivity index (χ1) is 9.52. The Balaban J connectivity index is 2.42. The highest BCUT2D eigenvalue weighted by molar-refractivity contribution is 5.66. The van der Waals surface area contributed by atoms with Gasteiger partial charge in [-0.05, 0) is 0 Å². The minimum Gasteiger partial charge on any atom is -0.383 e. The van der Waals surface area contributed by atoms with Crippen LogP contribution in [0.2, 0.25) is 0 Å². The van der Waals surface area contributed by atoms with Crippen molar-refractivity contribution in [2.45, 2.75) is 6.54 Å². The number of H-pyrrole nitrogens is 1. The van der Waals surface area contributed by atoms with Gasteiger partial charge >= 0.3 is 5.69 Å². The van der Waals surface area contributed by atoms with Gasteiger partial charge in [0.1, 0.15) is 11.5 Å². The van der Waals surface area contributed by atoms with Crippen LogP contribution in [0.15, 0.2) is 21.9 Å². The normalized spacial score (nSPS) is 10.7. The Hall–Kier alpha value is -2.55. The van der Waals surface area contributed by atoms with Crippen molar-refractivity contribution in [1.82, 2.24) is 19.3 Å². The van der Waals surface area contributed by atoms with Crippen molar-refractivity contribution in [2.24, 2.45) is 7.05 Å². The lowest BCUT2D eigenvalue weighted by atomic mass is 10.4. The summed E-state index contributed by atoms with van der Waals surface area (Å²) in [6, 6.07) is 1.68. The van der Waals surface area contributed by atoms with Gasteiger partial charge in [-0.25, -0.2) is 4.79 Å². The zero-order chi connectivity index (χ0) is 14.7. The molecule has 2 heterocycles. The van der Waals surface area contributed by atoms with E-state index in [9.17, 15) is 9.59 Å². The molecule has 9 nitrogen and oxygen atoms in total. The van der Waals surface area contributed by atoms with E-state index in [0.29, 0.717) is 12.4 Å². The average Bonchev–Trinajstić information content (AvgIpc) is 2.80. The maximum absolute atomic E-state index is 11.8. The number of nitrogens with two attached hydrogens (primary N) is 1. The first kappa shape index (κ1) is 13.9. The number of aryl methyl sites for hydroxylation is 1. The molecular formula is C11H16N6O3. The Morgan fingerprint density at radius 1 is 1.50 bits per heavy atom. The smallest absolute Gasteiger partial charge is 0.330 e. The topological polar surface area (TPSA) is 120 Å². The van der Waals surface area contributed by atoms with Crippen molar-refractivity contribution in [3.05, 3.63) is 33.1 Å². The molecule has 2 aromatic heterocycles. The summed E-state index contributed by atoms with van der Waals surface area (Å²) in [4.78, 5) is 25.7. The van der Waals surface area contributed by atoms with Gasteiger partial charge in [0.2, 0.25) is 0 Å². The molecule has 108 valence electrons. The zero-order valence-corrected chi connectivity index (χ0v) is 11.2. The number of anilines is 3. The fourth-order valence-electron chi connectivity index (χ4n) is 1.72. The standard InChI is InChI=1S/C11H16N6O3/c1-16-4-3-7(15-16)13-8-9(12)17(5-6-20-2)11(19)14-10(8)18/h3-4H,5-6,12H2,1-2H3,(H,13,15)(H,14,18,19). The number of nitrogen functional groups attached to an aromatic ring is 1. The predicted molar refractivity (Wildman–Crippen MR) is 74.1 cm³/mol. The molecule has 0 amide bonds. The number of nitrogens with one attached hydrogen (secondary N) is 2. The Labute approximate surface area is 114 Å². The fraction of sp³-hybridized carbons (Fsp3) is 0.364. The van der Waals surface area contributed by atoms with Crippen LogP contribution >= 0.6 is 0 Å². The number of aromatic nitrogens is 4. The minimum absolute atomic E-state index is 0.0430. The first-order valence-electron chi connectivity index (χ1n) is 5.91. The summed E-state index contributed by atoms with van der Waals surface area (Å²) in [7, 11) is 3.26. The van der Waals surface area contributed by atoms with Gasteiger partial charge < -0.3 is 15.8 Å². The molecular weight excluding hydrogens is 264 g/mol. The summed E-state index contributed by atoms with van der Waals surface area (Å²) in [5.74, 6) is 0.503. The van der Waals surface area contributed by atoms with Crippen molar-refractivity contribution >= 4 is 17.3 Å². The predicted octanol–water partition coefficient (Wildman–Crippen LogP) is -0.758. The molecule has 0 aromatic carbocycles. The van der Waals surface area contributed by atoms with E-state index in [1.165, 1.54) is 11.7 Å². The lowest BCUT2D eigenvalue weighted by Gasteiger charge is -2.12. The molecule has 0 fully saturated rings. The molecule has 0 aliphatic carbocycles. The molecule has 0 saturated heterocycles. The summed E-state index contributed by atoms with van der Waals surface area (Å²) in [6.07, 6.45) is 1.72. The van der Waals surface area contributed by atoms with Crippen LogP contribution in [-0.2, 0) is 18.3 Å². The van der Waals surface area contributed by atoms with E-state index < -0.39 is 11.2 Å². The van der Waals surface area contributed by atoms with E-state index in [4.69, 9.17) is 10.5 Å². The number of hydrogen-bond donors (Lipinski definition) is 3. The molecule has 2 aromatic rings. The second kappa shape index (κ2) is 5.61. The zero-order valence-electron chi connectivity index (χ0n) is 11.2. The second-order valence-corrected chi connectivity index (χ2v) is 4.16. The van der Waals surface area contributed by atoms with Crippen LogP contribution < -0.4 is 22.3 Å². The molecule has 0 saturated carbocycles. The van der Waals surface area contributed by atoms with Gasteiger partial charge in [0, 0.05) is 26.4 Å². The van der Waals surface area contributed by atoms with E-state index in [1.54, 1.807) is 24.0 Å². The van der Waals surface area contributed by atoms with Crippen molar-refractivity contribution in [1.29, 1.82) is 0 Å². The van der Waals surface area contributed by atoms with Gasteiger partial charge in [-0.15, -0.1) is 0 Å². The van der Waals surface area contributed by atoms with Gasteiger partial charge in [-0.1, -0.05) is 0 Å². The summed E-state index contributed by atoms with van der Waals surface area (Å²) in [5.41, 5.74) is 4.79. The van der Waals surface area contributed by atoms with Crippen LogP contribution in [0.1, 0.15) is 0 Å². The van der Waals surface area contributed by atoms with Gasteiger partial charge in [0.05, 0.1) is 13.2 Å². The molecule has 0 aliphatic rings. The van der Waals surface area contributed by atoms with Crippen molar-refractivity contribution in [2.75, 3.05) is 24.8 Å². The van der Waals surface area contributed by atoms with Crippen molar-refractivity contribution < 1.29 is 4.74 Å². The molecule has 0 unspecified atom stereocenters. The molecule has 0 bridgehead atoms. The van der Waals surface area contributed by atoms with Crippen LogP contribution in [0.4, 0.5) is 17.3 Å². The maximum atomic E-state index is 11.8. The SMILES string of the molecule is COCCn1c(N)c(Nc2ccn(C)n2)c(=O)[nH]c1=O. The molecule has 0 radical (unpaired) electrons. The molecule has 0 spiro atoms. The summed E-state index contributed by atoms with van der Waals surface area (Å²) in [6.45, 7) is 0.550. The second-order valence-electron chi connectivity index (χ2n) is 4.16. The van der Waals surface area contributed by atoms with Crippen LogP contribution in [0.3, 0.4) is 0 Å². The Morgan fingerprint density at radius 3 is 2.85 bits per heavy atom. The third-order valence-electron chi connectivity index (χ3n) is 2.73. The highest BCUT2D eigenvalue weighted by atomic mass is 16.5. The molecule has 0 atom stereocenters. The molecule has 9 heteroatoms. The summed E-state index contributed by atoms with van der Waals surface area (Å²) >= 11 is 0. The lowest BCUT2D eigenvalue weighted by molar-refractivity contribution is 0.186. The van der Waals surface area contributed by atoms with E-state index in [2.05, 4.69) is 15.4 Å². The van der Waals surface area contributed by atoms with Gasteiger partial charge in [0.15, 0.2) is 5.82 Å². The maximum Gasteiger partial charge on any atom is 0.330 e. The summed E-state index contributed by atoms with van der Waals surface area (Å²) in [5, 5.41) is 6.89. The Morgan fingerprint density at radius 2 is 2.25 bits per heavy atom. The van der Waals surface area contributed by atoms with Crippen molar-refractivity contribution in [3.8, 4) is 0 Å². The number of nitrogens with zero attached hydrogens (tertiary/aromatic N) is 3. The number of hydrogen-bond acceptors (Lipinski definition) is 6. The van der Waals surface area contributed by atoms with Gasteiger partial charge in [-0.2, -0.15) is 5.10 Å². The monoisotopic (exact) mass is 280 g/mol. The molecule has 20 heavy (non-hydrogen) atoms. The molecule has 2 rings (SSSR count). The van der Waals surface area contributed by atoms with Gasteiger partial charge in [-0.3, -0.25) is 19.0 Å². The van der Waals surface area contributed by atoms with Crippen LogP contribution in [-0.4, -0.2) is 33.0 Å². The fourth-order valence-corrected chi connectivity index (χ4v) is 1.72. The quantitative estimate of drug-likeness (QED) is 0.662. The number of rotatable bonds is 5. The molecule has 0 aliphatic heterocycles. The van der Waals surface area contributed by atoms with Crippen LogP contribution in [0.25, 0.3) is 0 Å². The summed E-state index contributed by atoms with van der Waals surface area (Å²) < 4.78 is 7.71. The van der Waals surface area contributed by atoms with Crippen LogP contribution in [0, 0.1) is 0 Å². The lowest BCUT2D eigenvalue weighted by Crippen LogP contribution is -2.34. The number of aromatic amines is 1. The highest BCUT2D eigenvalue weighted by Crippen LogP contribution is 2.15. The largest absolute Gasteiger partial charge is 0.383 e. The van der Waals surface area contributed by atoms with E-state index in [0.717, 1.165) is 0 Å². The highest BCUT2D eigenvalue weighted by Gasteiger charge is 2.13. The third-order valence-corrected chi connectivity index (χ3v) is 2.73. The Bertz CT molecular complexity index is 714. The van der Waals surface area contributed by atoms with E-state index >= 15 is 0 Å². The van der Waals surface area contributed by atoms with Crippen LogP contribution in [0.5, 0.6) is 0 Å². The van der Waals surface area contributed by atoms with E-state index in [1.807, 2.05) is 0 Å².